The largest absolute Gasteiger partial charge is 0.387 e. The lowest BCUT2D eigenvalue weighted by Crippen LogP contribution is -2.40. The number of rotatable bonds is 4. The molecular weight excluding hydrogens is 276 g/mol. The van der Waals surface area contributed by atoms with E-state index in [0.717, 1.165) is 31.7 Å². The molecule has 1 aliphatic rings. The Kier molecular flexibility index (Phi) is 5.26. The van der Waals surface area contributed by atoms with Crippen molar-refractivity contribution in [3.8, 4) is 0 Å². The van der Waals surface area contributed by atoms with E-state index in [4.69, 9.17) is 16.3 Å². The molecule has 5 heteroatoms. The molecule has 0 aliphatic carbocycles. The third-order valence-electron chi connectivity index (χ3n) is 3.83. The van der Waals surface area contributed by atoms with E-state index in [1.54, 1.807) is 19.2 Å². The standard InChI is InChI=1S/C15H21ClN2O2/c1-10(11-5-7-20-8-6-11)18-15(19)13-9-12(16)3-4-14(13)17-2/h3-4,9-11,17H,5-8H2,1-2H3,(H,18,19). The number of anilines is 1. The minimum absolute atomic E-state index is 0.0872. The normalized spacial score (nSPS) is 17.6. The number of ether oxygens (including phenoxy) is 1. The van der Waals surface area contributed by atoms with E-state index in [9.17, 15) is 4.79 Å². The summed E-state index contributed by atoms with van der Waals surface area (Å²) in [5, 5.41) is 6.65. The van der Waals surface area contributed by atoms with Crippen LogP contribution in [0.2, 0.25) is 5.02 Å². The van der Waals surface area contributed by atoms with E-state index in [1.807, 2.05) is 6.07 Å². The fourth-order valence-electron chi connectivity index (χ4n) is 2.54. The average molecular weight is 297 g/mol. The van der Waals surface area contributed by atoms with Gasteiger partial charge in [-0.2, -0.15) is 0 Å². The van der Waals surface area contributed by atoms with Gasteiger partial charge >= 0.3 is 0 Å². The van der Waals surface area contributed by atoms with Gasteiger partial charge in [0.2, 0.25) is 0 Å². The Balaban J connectivity index is 2.05. The molecule has 2 rings (SSSR count). The van der Waals surface area contributed by atoms with E-state index >= 15 is 0 Å². The lowest BCUT2D eigenvalue weighted by molar-refractivity contribution is 0.0538. The van der Waals surface area contributed by atoms with Crippen LogP contribution in [0, 0.1) is 5.92 Å². The van der Waals surface area contributed by atoms with Gasteiger partial charge in [-0.1, -0.05) is 11.6 Å². The molecule has 1 aliphatic heterocycles. The maximum atomic E-state index is 12.4. The molecule has 2 N–H and O–H groups in total. The number of halogens is 1. The molecule has 1 unspecified atom stereocenters. The SMILES string of the molecule is CNc1ccc(Cl)cc1C(=O)NC(C)C1CCOCC1. The van der Waals surface area contributed by atoms with Crippen molar-refractivity contribution in [2.75, 3.05) is 25.6 Å². The van der Waals surface area contributed by atoms with E-state index in [1.165, 1.54) is 0 Å². The lowest BCUT2D eigenvalue weighted by Gasteiger charge is -2.28. The number of carbonyl (C=O) groups excluding carboxylic acids is 1. The first-order valence-electron chi connectivity index (χ1n) is 6.97. The Labute approximate surface area is 124 Å². The summed E-state index contributed by atoms with van der Waals surface area (Å²) in [6, 6.07) is 5.41. The van der Waals surface area contributed by atoms with Crippen LogP contribution in [0.4, 0.5) is 5.69 Å². The van der Waals surface area contributed by atoms with Gasteiger partial charge in [0.25, 0.3) is 5.91 Å². The van der Waals surface area contributed by atoms with Gasteiger partial charge in [-0.15, -0.1) is 0 Å². The van der Waals surface area contributed by atoms with Crippen molar-refractivity contribution >= 4 is 23.2 Å². The summed E-state index contributed by atoms with van der Waals surface area (Å²) >= 11 is 5.98. The quantitative estimate of drug-likeness (QED) is 0.898. The zero-order valence-corrected chi connectivity index (χ0v) is 12.7. The van der Waals surface area contributed by atoms with Gasteiger partial charge < -0.3 is 15.4 Å². The van der Waals surface area contributed by atoms with Crippen molar-refractivity contribution in [1.82, 2.24) is 5.32 Å². The Morgan fingerprint density at radius 2 is 2.10 bits per heavy atom. The highest BCUT2D eigenvalue weighted by Gasteiger charge is 2.23. The highest BCUT2D eigenvalue weighted by atomic mass is 35.5. The molecule has 20 heavy (non-hydrogen) atoms. The molecule has 1 amide bonds. The Morgan fingerprint density at radius 1 is 1.40 bits per heavy atom. The molecule has 1 aromatic carbocycles. The van der Waals surface area contributed by atoms with Crippen molar-refractivity contribution in [3.63, 3.8) is 0 Å². The van der Waals surface area contributed by atoms with E-state index in [2.05, 4.69) is 17.6 Å². The molecule has 1 atom stereocenters. The first kappa shape index (κ1) is 15.1. The van der Waals surface area contributed by atoms with Gasteiger partial charge in [-0.25, -0.2) is 0 Å². The fraction of sp³-hybridized carbons (Fsp3) is 0.533. The maximum absolute atomic E-state index is 12.4. The summed E-state index contributed by atoms with van der Waals surface area (Å²) in [7, 11) is 1.79. The third-order valence-corrected chi connectivity index (χ3v) is 4.06. The first-order chi connectivity index (χ1) is 9.61. The van der Waals surface area contributed by atoms with Crippen molar-refractivity contribution in [2.45, 2.75) is 25.8 Å². The second kappa shape index (κ2) is 6.95. The summed E-state index contributed by atoms with van der Waals surface area (Å²) < 4.78 is 5.35. The van der Waals surface area contributed by atoms with Gasteiger partial charge in [0.1, 0.15) is 0 Å². The van der Waals surface area contributed by atoms with Crippen LogP contribution < -0.4 is 10.6 Å². The number of amides is 1. The van der Waals surface area contributed by atoms with Crippen LogP contribution in [0.5, 0.6) is 0 Å². The fourth-order valence-corrected chi connectivity index (χ4v) is 2.71. The minimum atomic E-state index is -0.0872. The van der Waals surface area contributed by atoms with Gasteiger partial charge in [0.15, 0.2) is 0 Å². The summed E-state index contributed by atoms with van der Waals surface area (Å²) in [4.78, 5) is 12.4. The van der Waals surface area contributed by atoms with Gasteiger partial charge in [-0.05, 0) is 43.9 Å². The number of benzene rings is 1. The average Bonchev–Trinajstić information content (AvgIpc) is 2.48. The van der Waals surface area contributed by atoms with Crippen LogP contribution in [0.1, 0.15) is 30.1 Å². The molecule has 1 aromatic rings. The zero-order valence-electron chi connectivity index (χ0n) is 11.9. The van der Waals surface area contributed by atoms with Gasteiger partial charge in [0.05, 0.1) is 5.56 Å². The molecule has 1 saturated heterocycles. The van der Waals surface area contributed by atoms with Crippen molar-refractivity contribution in [2.24, 2.45) is 5.92 Å². The van der Waals surface area contributed by atoms with Crippen LogP contribution in [0.15, 0.2) is 18.2 Å². The number of carbonyl (C=O) groups is 1. The van der Waals surface area contributed by atoms with Gasteiger partial charge in [-0.3, -0.25) is 4.79 Å². The number of nitrogens with one attached hydrogen (secondary N) is 2. The topological polar surface area (TPSA) is 50.4 Å². The molecule has 0 spiro atoms. The van der Waals surface area contributed by atoms with Gasteiger partial charge in [0, 0.05) is 37.0 Å². The zero-order chi connectivity index (χ0) is 14.5. The summed E-state index contributed by atoms with van der Waals surface area (Å²) in [6.45, 7) is 3.62. The van der Waals surface area contributed by atoms with E-state index < -0.39 is 0 Å². The molecule has 0 bridgehead atoms. The number of hydrogen-bond acceptors (Lipinski definition) is 3. The predicted molar refractivity (Wildman–Crippen MR) is 81.5 cm³/mol. The summed E-state index contributed by atoms with van der Waals surface area (Å²) in [5.41, 5.74) is 1.37. The van der Waals surface area contributed by atoms with Crippen LogP contribution >= 0.6 is 11.6 Å². The monoisotopic (exact) mass is 296 g/mol. The molecule has 110 valence electrons. The lowest BCUT2D eigenvalue weighted by atomic mass is 9.92. The maximum Gasteiger partial charge on any atom is 0.253 e. The van der Waals surface area contributed by atoms with E-state index in [-0.39, 0.29) is 11.9 Å². The molecule has 0 saturated carbocycles. The molecule has 1 fully saturated rings. The third kappa shape index (κ3) is 3.64. The first-order valence-corrected chi connectivity index (χ1v) is 7.35. The van der Waals surface area contributed by atoms with Crippen LogP contribution in [0.25, 0.3) is 0 Å². The van der Waals surface area contributed by atoms with Crippen LogP contribution in [0.3, 0.4) is 0 Å². The minimum Gasteiger partial charge on any atom is -0.387 e. The Bertz CT molecular complexity index is 473. The predicted octanol–water partition coefficient (Wildman–Crippen LogP) is 2.93. The smallest absolute Gasteiger partial charge is 0.253 e. The molecular formula is C15H21ClN2O2. The van der Waals surface area contributed by atoms with Crippen molar-refractivity contribution < 1.29 is 9.53 Å². The Morgan fingerprint density at radius 3 is 2.75 bits per heavy atom. The second-order valence-corrected chi connectivity index (χ2v) is 5.59. The van der Waals surface area contributed by atoms with E-state index in [0.29, 0.717) is 16.5 Å². The highest BCUT2D eigenvalue weighted by Crippen LogP contribution is 2.22. The van der Waals surface area contributed by atoms with Crippen molar-refractivity contribution in [3.05, 3.63) is 28.8 Å². The van der Waals surface area contributed by atoms with Crippen LogP contribution in [-0.2, 0) is 4.74 Å². The van der Waals surface area contributed by atoms with Crippen molar-refractivity contribution in [1.29, 1.82) is 0 Å². The van der Waals surface area contributed by atoms with Crippen LogP contribution in [-0.4, -0.2) is 32.2 Å². The summed E-state index contributed by atoms with van der Waals surface area (Å²) in [5.74, 6) is 0.390. The molecule has 0 aromatic heterocycles. The Hall–Kier alpha value is -1.26. The second-order valence-electron chi connectivity index (χ2n) is 5.15. The molecule has 1 heterocycles. The molecule has 0 radical (unpaired) electrons. The molecule has 4 nitrogen and oxygen atoms in total. The highest BCUT2D eigenvalue weighted by molar-refractivity contribution is 6.31. The summed E-state index contributed by atoms with van der Waals surface area (Å²) in [6.07, 6.45) is 1.99. The number of hydrogen-bond donors (Lipinski definition) is 2.